The molecule has 0 bridgehead atoms. The van der Waals surface area contributed by atoms with Gasteiger partial charge in [0, 0.05) is 17.1 Å². The summed E-state index contributed by atoms with van der Waals surface area (Å²) >= 11 is 4.74. The van der Waals surface area contributed by atoms with Gasteiger partial charge in [-0.25, -0.2) is 4.98 Å². The highest BCUT2D eigenvalue weighted by Crippen LogP contribution is 2.21. The van der Waals surface area contributed by atoms with E-state index in [1.165, 1.54) is 16.2 Å². The fraction of sp³-hybridized carbons (Fsp3) is 0.111. The quantitative estimate of drug-likeness (QED) is 0.505. The van der Waals surface area contributed by atoms with E-state index in [9.17, 15) is 9.59 Å². The van der Waals surface area contributed by atoms with Gasteiger partial charge in [0.25, 0.3) is 11.5 Å². The van der Waals surface area contributed by atoms with Crippen molar-refractivity contribution in [3.05, 3.63) is 68.1 Å². The van der Waals surface area contributed by atoms with Crippen LogP contribution in [0.15, 0.2) is 51.0 Å². The molecule has 1 amide bonds. The summed E-state index contributed by atoms with van der Waals surface area (Å²) in [5, 5.41) is 8.81. The molecule has 0 aliphatic rings. The van der Waals surface area contributed by atoms with Crippen LogP contribution < -0.4 is 5.56 Å². The highest BCUT2D eigenvalue weighted by atomic mass is 79.9. The lowest BCUT2D eigenvalue weighted by atomic mass is 10.1. The number of hydrogen-bond donors (Lipinski definition) is 2. The molecule has 4 rings (SSSR count). The van der Waals surface area contributed by atoms with E-state index in [0.717, 1.165) is 10.0 Å². The Kier molecular flexibility index (Phi) is 4.63. The number of hydrogen-bond acceptors (Lipinski definition) is 5. The average Bonchev–Trinajstić information content (AvgIpc) is 3.31. The molecule has 136 valence electrons. The monoisotopic (exact) mass is 443 g/mol. The zero-order valence-corrected chi connectivity index (χ0v) is 16.6. The second-order valence-corrected chi connectivity index (χ2v) is 7.81. The Labute approximate surface area is 166 Å². The topological polar surface area (TPSA) is 94.7 Å². The first-order chi connectivity index (χ1) is 13.0. The molecule has 0 saturated heterocycles. The van der Waals surface area contributed by atoms with Crippen LogP contribution in [0.1, 0.15) is 16.3 Å². The number of nitrogens with one attached hydrogen (secondary N) is 2. The van der Waals surface area contributed by atoms with E-state index in [1.54, 1.807) is 19.2 Å². The van der Waals surface area contributed by atoms with E-state index in [2.05, 4.69) is 36.1 Å². The van der Waals surface area contributed by atoms with Crippen LogP contribution in [0.25, 0.3) is 21.5 Å². The minimum atomic E-state index is -0.237. The predicted octanol–water partition coefficient (Wildman–Crippen LogP) is 3.41. The highest BCUT2D eigenvalue weighted by Gasteiger charge is 2.17. The summed E-state index contributed by atoms with van der Waals surface area (Å²) in [6.45, 7) is 0.187. The second-order valence-electron chi connectivity index (χ2n) is 5.98. The second kappa shape index (κ2) is 7.09. The third-order valence-electron chi connectivity index (χ3n) is 4.05. The molecule has 0 aliphatic heterocycles. The van der Waals surface area contributed by atoms with Crippen molar-refractivity contribution in [3.63, 3.8) is 0 Å². The first-order valence-corrected chi connectivity index (χ1v) is 9.72. The summed E-state index contributed by atoms with van der Waals surface area (Å²) in [6.07, 6.45) is 0. The van der Waals surface area contributed by atoms with E-state index in [-0.39, 0.29) is 18.0 Å². The van der Waals surface area contributed by atoms with Crippen molar-refractivity contribution in [2.75, 3.05) is 7.05 Å². The highest BCUT2D eigenvalue weighted by molar-refractivity contribution is 9.10. The Balaban J connectivity index is 1.53. The van der Waals surface area contributed by atoms with Crippen molar-refractivity contribution in [1.29, 1.82) is 0 Å². The summed E-state index contributed by atoms with van der Waals surface area (Å²) in [5.74, 6) is 0.202. The maximum Gasteiger partial charge on any atom is 0.272 e. The lowest BCUT2D eigenvalue weighted by Crippen LogP contribution is -2.28. The molecule has 3 heterocycles. The van der Waals surface area contributed by atoms with Crippen LogP contribution in [0.4, 0.5) is 0 Å². The number of carbonyl (C=O) groups excluding carboxylic acids is 1. The van der Waals surface area contributed by atoms with Gasteiger partial charge < -0.3 is 9.88 Å². The van der Waals surface area contributed by atoms with Crippen molar-refractivity contribution in [3.8, 4) is 11.3 Å². The molecule has 3 aromatic heterocycles. The molecule has 2 N–H and O–H groups in total. The SMILES string of the molecule is CN(Cc1nc2ccsc2c(=O)[nH]1)C(=O)c1cc(-c2ccc(Br)cc2)n[nH]1. The van der Waals surface area contributed by atoms with Crippen molar-refractivity contribution in [2.45, 2.75) is 6.54 Å². The smallest absolute Gasteiger partial charge is 0.272 e. The fourth-order valence-electron chi connectivity index (χ4n) is 2.70. The van der Waals surface area contributed by atoms with Crippen LogP contribution in [-0.4, -0.2) is 38.0 Å². The predicted molar refractivity (Wildman–Crippen MR) is 108 cm³/mol. The van der Waals surface area contributed by atoms with E-state index >= 15 is 0 Å². The van der Waals surface area contributed by atoms with Gasteiger partial charge in [0.15, 0.2) is 0 Å². The lowest BCUT2D eigenvalue weighted by Gasteiger charge is -2.15. The van der Waals surface area contributed by atoms with Crippen LogP contribution >= 0.6 is 27.3 Å². The van der Waals surface area contributed by atoms with Crippen LogP contribution in [0.3, 0.4) is 0 Å². The molecule has 0 radical (unpaired) electrons. The van der Waals surface area contributed by atoms with E-state index in [0.29, 0.717) is 27.4 Å². The molecule has 0 saturated carbocycles. The average molecular weight is 444 g/mol. The molecule has 9 heteroatoms. The zero-order valence-electron chi connectivity index (χ0n) is 14.2. The number of aromatic amines is 2. The third-order valence-corrected chi connectivity index (χ3v) is 5.48. The first-order valence-electron chi connectivity index (χ1n) is 8.04. The van der Waals surface area contributed by atoms with E-state index in [4.69, 9.17) is 0 Å². The van der Waals surface area contributed by atoms with Crippen LogP contribution in [0, 0.1) is 0 Å². The molecule has 4 aromatic rings. The normalized spacial score (nSPS) is 11.0. The molecule has 0 atom stereocenters. The lowest BCUT2D eigenvalue weighted by molar-refractivity contribution is 0.0775. The fourth-order valence-corrected chi connectivity index (χ4v) is 3.69. The molecule has 0 fully saturated rings. The number of carbonyl (C=O) groups is 1. The Morgan fingerprint density at radius 2 is 2.04 bits per heavy atom. The van der Waals surface area contributed by atoms with Crippen molar-refractivity contribution in [1.82, 2.24) is 25.1 Å². The van der Waals surface area contributed by atoms with Crippen molar-refractivity contribution < 1.29 is 4.79 Å². The van der Waals surface area contributed by atoms with Crippen molar-refractivity contribution in [2.24, 2.45) is 0 Å². The summed E-state index contributed by atoms with van der Waals surface area (Å²) < 4.78 is 1.56. The van der Waals surface area contributed by atoms with Gasteiger partial charge in [0.05, 0.1) is 17.8 Å². The summed E-state index contributed by atoms with van der Waals surface area (Å²) in [7, 11) is 1.65. The maximum absolute atomic E-state index is 12.7. The molecular formula is C18H14BrN5O2S. The van der Waals surface area contributed by atoms with Gasteiger partial charge in [-0.1, -0.05) is 28.1 Å². The number of H-pyrrole nitrogens is 2. The van der Waals surface area contributed by atoms with E-state index < -0.39 is 0 Å². The molecular weight excluding hydrogens is 430 g/mol. The number of nitrogens with zero attached hydrogens (tertiary/aromatic N) is 3. The van der Waals surface area contributed by atoms with E-state index in [1.807, 2.05) is 29.6 Å². The number of fused-ring (bicyclic) bond motifs is 1. The van der Waals surface area contributed by atoms with Gasteiger partial charge in [0.1, 0.15) is 16.2 Å². The molecule has 7 nitrogen and oxygen atoms in total. The summed E-state index contributed by atoms with van der Waals surface area (Å²) in [6, 6.07) is 11.2. The van der Waals surface area contributed by atoms with Gasteiger partial charge in [0.2, 0.25) is 0 Å². The largest absolute Gasteiger partial charge is 0.333 e. The van der Waals surface area contributed by atoms with Crippen LogP contribution in [-0.2, 0) is 6.54 Å². The molecule has 0 spiro atoms. The molecule has 0 unspecified atom stereocenters. The minimum Gasteiger partial charge on any atom is -0.333 e. The van der Waals surface area contributed by atoms with Gasteiger partial charge in [-0.05, 0) is 29.6 Å². The molecule has 0 aliphatic carbocycles. The standard InChI is InChI=1S/C18H14BrN5O2S/c1-24(9-15-20-12-6-7-27-16(12)17(25)21-15)18(26)14-8-13(22-23-14)10-2-4-11(19)5-3-10/h2-8H,9H2,1H3,(H,22,23)(H,20,21,25). The number of benzene rings is 1. The minimum absolute atomic E-state index is 0.187. The van der Waals surface area contributed by atoms with Crippen LogP contribution in [0.5, 0.6) is 0 Å². The third kappa shape index (κ3) is 3.56. The Morgan fingerprint density at radius 1 is 1.26 bits per heavy atom. The summed E-state index contributed by atoms with van der Waals surface area (Å²) in [5.41, 5.74) is 2.41. The number of rotatable bonds is 4. The molecule has 1 aromatic carbocycles. The number of halogens is 1. The molecule has 27 heavy (non-hydrogen) atoms. The summed E-state index contributed by atoms with van der Waals surface area (Å²) in [4.78, 5) is 33.3. The number of aromatic nitrogens is 4. The Bertz CT molecular complexity index is 1180. The van der Waals surface area contributed by atoms with Gasteiger partial charge in [-0.3, -0.25) is 14.7 Å². The van der Waals surface area contributed by atoms with Crippen molar-refractivity contribution >= 4 is 43.4 Å². The Morgan fingerprint density at radius 3 is 2.81 bits per heavy atom. The first kappa shape index (κ1) is 17.6. The van der Waals surface area contributed by atoms with Crippen LogP contribution in [0.2, 0.25) is 0 Å². The number of amides is 1. The Hall–Kier alpha value is -2.78. The zero-order chi connectivity index (χ0) is 19.0. The maximum atomic E-state index is 12.7. The van der Waals surface area contributed by atoms with Gasteiger partial charge in [-0.2, -0.15) is 5.10 Å². The number of thiophene rings is 1. The van der Waals surface area contributed by atoms with Gasteiger partial charge in [-0.15, -0.1) is 11.3 Å². The van der Waals surface area contributed by atoms with Gasteiger partial charge >= 0.3 is 0 Å².